The zero-order valence-electron chi connectivity index (χ0n) is 13.5. The summed E-state index contributed by atoms with van der Waals surface area (Å²) < 4.78 is 0. The molecule has 0 saturated heterocycles. The van der Waals surface area contributed by atoms with Gasteiger partial charge >= 0.3 is 0 Å². The fourth-order valence-electron chi connectivity index (χ4n) is 2.96. The quantitative estimate of drug-likeness (QED) is 0.573. The summed E-state index contributed by atoms with van der Waals surface area (Å²) in [4.78, 5) is 22.8. The molecule has 3 rings (SSSR count). The molecule has 7 heteroatoms. The van der Waals surface area contributed by atoms with Gasteiger partial charge in [-0.2, -0.15) is 0 Å². The van der Waals surface area contributed by atoms with Gasteiger partial charge in [-0.15, -0.1) is 0 Å². The van der Waals surface area contributed by atoms with E-state index in [1.165, 1.54) is 12.1 Å². The summed E-state index contributed by atoms with van der Waals surface area (Å²) in [5.41, 5.74) is 1.77. The second-order valence-corrected chi connectivity index (χ2v) is 6.11. The van der Waals surface area contributed by atoms with Crippen LogP contribution in [0.15, 0.2) is 48.5 Å². The molecule has 0 radical (unpaired) electrons. The fourth-order valence-corrected chi connectivity index (χ4v) is 2.96. The maximum absolute atomic E-state index is 12.5. The zero-order valence-corrected chi connectivity index (χ0v) is 13.5. The van der Waals surface area contributed by atoms with Crippen LogP contribution in [0.5, 0.6) is 0 Å². The number of carbonyl (C=O) groups is 1. The van der Waals surface area contributed by atoms with Crippen molar-refractivity contribution in [2.45, 2.75) is 31.4 Å². The Bertz CT molecular complexity index is 776. The molecule has 2 unspecified atom stereocenters. The summed E-state index contributed by atoms with van der Waals surface area (Å²) in [7, 11) is 0. The highest BCUT2D eigenvalue weighted by Gasteiger charge is 2.25. The van der Waals surface area contributed by atoms with Gasteiger partial charge in [0.05, 0.1) is 22.3 Å². The van der Waals surface area contributed by atoms with Crippen molar-refractivity contribution in [2.24, 2.45) is 0 Å². The number of nitro benzene ring substituents is 1. The lowest BCUT2D eigenvalue weighted by Gasteiger charge is -2.15. The van der Waals surface area contributed by atoms with E-state index in [4.69, 9.17) is 0 Å². The minimum atomic E-state index is -0.457. The number of aliphatic hydroxyl groups is 1. The Morgan fingerprint density at radius 1 is 1.12 bits per heavy atom. The normalized spacial score (nSPS) is 19.4. The SMILES string of the molecule is O=C(NC1CCC(O)C1)c1ccccc1Nc1ccc([N+](=O)[O-])cc1. The minimum absolute atomic E-state index is 0.0105. The van der Waals surface area contributed by atoms with Crippen LogP contribution >= 0.6 is 0 Å². The second-order valence-electron chi connectivity index (χ2n) is 6.11. The molecule has 2 aromatic rings. The zero-order chi connectivity index (χ0) is 17.8. The highest BCUT2D eigenvalue weighted by molar-refractivity contribution is 6.00. The number of anilines is 2. The average Bonchev–Trinajstić information content (AvgIpc) is 3.00. The molecule has 1 aliphatic carbocycles. The highest BCUT2D eigenvalue weighted by atomic mass is 16.6. The summed E-state index contributed by atoms with van der Waals surface area (Å²) in [6, 6.07) is 13.1. The molecule has 0 aliphatic heterocycles. The Labute approximate surface area is 144 Å². The molecule has 1 saturated carbocycles. The summed E-state index contributed by atoms with van der Waals surface area (Å²) in [6.07, 6.45) is 1.70. The van der Waals surface area contributed by atoms with Crippen molar-refractivity contribution >= 4 is 23.0 Å². The van der Waals surface area contributed by atoms with Crippen molar-refractivity contribution in [3.63, 3.8) is 0 Å². The van der Waals surface area contributed by atoms with Gasteiger partial charge < -0.3 is 15.7 Å². The molecule has 130 valence electrons. The molecule has 0 heterocycles. The van der Waals surface area contributed by atoms with Gasteiger partial charge in [0.25, 0.3) is 11.6 Å². The van der Waals surface area contributed by atoms with Crippen molar-refractivity contribution in [3.8, 4) is 0 Å². The van der Waals surface area contributed by atoms with E-state index >= 15 is 0 Å². The molecule has 1 aliphatic rings. The topological polar surface area (TPSA) is 104 Å². The summed E-state index contributed by atoms with van der Waals surface area (Å²) in [6.45, 7) is 0. The number of hydrogen-bond donors (Lipinski definition) is 3. The van der Waals surface area contributed by atoms with Crippen LogP contribution < -0.4 is 10.6 Å². The van der Waals surface area contributed by atoms with Crippen LogP contribution in [0.4, 0.5) is 17.1 Å². The number of aliphatic hydroxyl groups excluding tert-OH is 1. The van der Waals surface area contributed by atoms with Gasteiger partial charge in [-0.1, -0.05) is 12.1 Å². The smallest absolute Gasteiger partial charge is 0.269 e. The van der Waals surface area contributed by atoms with Gasteiger partial charge in [-0.05, 0) is 43.5 Å². The summed E-state index contributed by atoms with van der Waals surface area (Å²) in [5.74, 6) is -0.205. The molecule has 0 aromatic heterocycles. The van der Waals surface area contributed by atoms with Gasteiger partial charge in [0.15, 0.2) is 0 Å². The van der Waals surface area contributed by atoms with E-state index in [1.54, 1.807) is 30.3 Å². The largest absolute Gasteiger partial charge is 0.393 e. The number of non-ortho nitro benzene ring substituents is 1. The van der Waals surface area contributed by atoms with E-state index in [1.807, 2.05) is 6.07 Å². The van der Waals surface area contributed by atoms with Crippen LogP contribution in [0, 0.1) is 10.1 Å². The predicted octanol–water partition coefficient (Wildman–Crippen LogP) is 2.98. The van der Waals surface area contributed by atoms with Crippen molar-refractivity contribution in [1.29, 1.82) is 0 Å². The first-order chi connectivity index (χ1) is 12.0. The Morgan fingerprint density at radius 2 is 1.84 bits per heavy atom. The van der Waals surface area contributed by atoms with Crippen LogP contribution in [-0.4, -0.2) is 28.1 Å². The molecule has 2 atom stereocenters. The molecule has 25 heavy (non-hydrogen) atoms. The molecule has 7 nitrogen and oxygen atoms in total. The lowest BCUT2D eigenvalue weighted by Crippen LogP contribution is -2.33. The molecular weight excluding hydrogens is 322 g/mol. The van der Waals surface area contributed by atoms with Gasteiger partial charge in [0.1, 0.15) is 0 Å². The third-order valence-electron chi connectivity index (χ3n) is 4.27. The number of nitrogens with one attached hydrogen (secondary N) is 2. The summed E-state index contributed by atoms with van der Waals surface area (Å²) in [5, 5.41) is 26.4. The average molecular weight is 341 g/mol. The van der Waals surface area contributed by atoms with Gasteiger partial charge in [0.2, 0.25) is 0 Å². The number of para-hydroxylation sites is 1. The Balaban J connectivity index is 1.74. The van der Waals surface area contributed by atoms with Crippen molar-refractivity contribution in [2.75, 3.05) is 5.32 Å². The number of nitro groups is 1. The number of amides is 1. The molecule has 1 amide bonds. The molecule has 1 fully saturated rings. The Hall–Kier alpha value is -2.93. The van der Waals surface area contributed by atoms with Gasteiger partial charge in [-0.3, -0.25) is 14.9 Å². The molecule has 2 aromatic carbocycles. The van der Waals surface area contributed by atoms with Crippen molar-refractivity contribution in [3.05, 3.63) is 64.2 Å². The number of hydrogen-bond acceptors (Lipinski definition) is 5. The highest BCUT2D eigenvalue weighted by Crippen LogP contribution is 2.24. The Morgan fingerprint density at radius 3 is 2.48 bits per heavy atom. The molecule has 3 N–H and O–H groups in total. The predicted molar refractivity (Wildman–Crippen MR) is 93.9 cm³/mol. The Kier molecular flexibility index (Phi) is 4.95. The fraction of sp³-hybridized carbons (Fsp3) is 0.278. The number of carbonyl (C=O) groups excluding carboxylic acids is 1. The minimum Gasteiger partial charge on any atom is -0.393 e. The van der Waals surface area contributed by atoms with E-state index < -0.39 is 4.92 Å². The number of rotatable bonds is 5. The summed E-state index contributed by atoms with van der Waals surface area (Å²) >= 11 is 0. The van der Waals surface area contributed by atoms with E-state index in [9.17, 15) is 20.0 Å². The monoisotopic (exact) mass is 341 g/mol. The maximum Gasteiger partial charge on any atom is 0.269 e. The van der Waals surface area contributed by atoms with Gasteiger partial charge in [0, 0.05) is 23.9 Å². The second kappa shape index (κ2) is 7.31. The number of benzene rings is 2. The van der Waals surface area contributed by atoms with Crippen molar-refractivity contribution in [1.82, 2.24) is 5.32 Å². The van der Waals surface area contributed by atoms with Crippen LogP contribution in [-0.2, 0) is 0 Å². The molecule has 0 spiro atoms. The standard InChI is InChI=1S/C18H19N3O4/c22-15-10-7-13(11-15)20-18(23)16-3-1-2-4-17(16)19-12-5-8-14(9-6-12)21(24)25/h1-6,8-9,13,15,19,22H,7,10-11H2,(H,20,23). The molecule has 0 bridgehead atoms. The van der Waals surface area contributed by atoms with Crippen LogP contribution in [0.2, 0.25) is 0 Å². The third-order valence-corrected chi connectivity index (χ3v) is 4.27. The van der Waals surface area contributed by atoms with Crippen LogP contribution in [0.3, 0.4) is 0 Å². The van der Waals surface area contributed by atoms with E-state index in [-0.39, 0.29) is 23.7 Å². The van der Waals surface area contributed by atoms with E-state index in [2.05, 4.69) is 10.6 Å². The third kappa shape index (κ3) is 4.13. The van der Waals surface area contributed by atoms with Crippen LogP contribution in [0.25, 0.3) is 0 Å². The van der Waals surface area contributed by atoms with Gasteiger partial charge in [-0.25, -0.2) is 0 Å². The lowest BCUT2D eigenvalue weighted by atomic mass is 10.1. The van der Waals surface area contributed by atoms with Crippen molar-refractivity contribution < 1.29 is 14.8 Å². The van der Waals surface area contributed by atoms with Crippen LogP contribution in [0.1, 0.15) is 29.6 Å². The molecular formula is C18H19N3O4. The number of nitrogens with zero attached hydrogens (tertiary/aromatic N) is 1. The maximum atomic E-state index is 12.5. The first-order valence-electron chi connectivity index (χ1n) is 8.12. The lowest BCUT2D eigenvalue weighted by molar-refractivity contribution is -0.384. The van der Waals surface area contributed by atoms with E-state index in [0.29, 0.717) is 29.8 Å². The first-order valence-corrected chi connectivity index (χ1v) is 8.12. The first kappa shape index (κ1) is 16.9. The van der Waals surface area contributed by atoms with E-state index in [0.717, 1.165) is 6.42 Å².